The molecule has 0 unspecified atom stereocenters. The predicted octanol–water partition coefficient (Wildman–Crippen LogP) is 2.42. The third-order valence-corrected chi connectivity index (χ3v) is 3.89. The van der Waals surface area contributed by atoms with E-state index < -0.39 is 0 Å². The molecule has 0 saturated heterocycles. The summed E-state index contributed by atoms with van der Waals surface area (Å²) in [7, 11) is 0. The van der Waals surface area contributed by atoms with Crippen LogP contribution < -0.4 is 5.32 Å². The van der Waals surface area contributed by atoms with Crippen LogP contribution in [0.3, 0.4) is 0 Å². The number of rotatable bonds is 5. The molecule has 0 heterocycles. The molecule has 0 atom stereocenters. The summed E-state index contributed by atoms with van der Waals surface area (Å²) in [5.41, 5.74) is 2.12. The molecule has 1 amide bonds. The molecule has 0 bridgehead atoms. The van der Waals surface area contributed by atoms with Crippen LogP contribution in [0.15, 0.2) is 24.3 Å². The van der Waals surface area contributed by atoms with Crippen LogP contribution in [0.5, 0.6) is 0 Å². The SMILES string of the molecule is O=C(NCCc1ccc(CO)cc1)C1CCCCC1. The Morgan fingerprint density at radius 2 is 1.74 bits per heavy atom. The number of nitrogens with one attached hydrogen (secondary N) is 1. The van der Waals surface area contributed by atoms with Crippen LogP contribution in [0.4, 0.5) is 0 Å². The van der Waals surface area contributed by atoms with Crippen molar-refractivity contribution in [3.8, 4) is 0 Å². The molecule has 3 heteroatoms. The fourth-order valence-electron chi connectivity index (χ4n) is 2.65. The van der Waals surface area contributed by atoms with Gasteiger partial charge in [-0.05, 0) is 30.4 Å². The molecule has 19 heavy (non-hydrogen) atoms. The molecule has 0 spiro atoms. The second kappa shape index (κ2) is 7.29. The minimum absolute atomic E-state index is 0.0820. The molecule has 1 aliphatic rings. The molecular formula is C16H23NO2. The van der Waals surface area contributed by atoms with Crippen molar-refractivity contribution in [2.75, 3.05) is 6.54 Å². The maximum absolute atomic E-state index is 11.9. The molecule has 0 aromatic heterocycles. The highest BCUT2D eigenvalue weighted by Crippen LogP contribution is 2.23. The summed E-state index contributed by atoms with van der Waals surface area (Å²) >= 11 is 0. The first-order chi connectivity index (χ1) is 9.29. The molecule has 1 aromatic rings. The summed E-state index contributed by atoms with van der Waals surface area (Å²) in [4.78, 5) is 11.9. The molecule has 2 N–H and O–H groups in total. The number of hydrogen-bond donors (Lipinski definition) is 2. The number of amides is 1. The molecule has 1 aliphatic carbocycles. The van der Waals surface area contributed by atoms with E-state index in [-0.39, 0.29) is 18.4 Å². The van der Waals surface area contributed by atoms with Crippen LogP contribution >= 0.6 is 0 Å². The Hall–Kier alpha value is -1.35. The summed E-state index contributed by atoms with van der Waals surface area (Å²) in [6, 6.07) is 7.88. The molecule has 0 aliphatic heterocycles. The van der Waals surface area contributed by atoms with Gasteiger partial charge in [-0.25, -0.2) is 0 Å². The molecule has 2 rings (SSSR count). The number of carbonyl (C=O) groups excluding carboxylic acids is 1. The summed E-state index contributed by atoms with van der Waals surface area (Å²) in [5.74, 6) is 0.470. The topological polar surface area (TPSA) is 49.3 Å². The van der Waals surface area contributed by atoms with E-state index in [9.17, 15) is 4.79 Å². The molecule has 0 radical (unpaired) electrons. The van der Waals surface area contributed by atoms with Gasteiger partial charge >= 0.3 is 0 Å². The van der Waals surface area contributed by atoms with Crippen LogP contribution in [0.25, 0.3) is 0 Å². The average Bonchev–Trinajstić information content (AvgIpc) is 2.49. The van der Waals surface area contributed by atoms with Crippen molar-refractivity contribution in [1.82, 2.24) is 5.32 Å². The largest absolute Gasteiger partial charge is 0.392 e. The van der Waals surface area contributed by atoms with Crippen molar-refractivity contribution >= 4 is 5.91 Å². The van der Waals surface area contributed by atoms with Crippen molar-refractivity contribution in [3.05, 3.63) is 35.4 Å². The lowest BCUT2D eigenvalue weighted by molar-refractivity contribution is -0.125. The van der Waals surface area contributed by atoms with Crippen molar-refractivity contribution < 1.29 is 9.90 Å². The summed E-state index contributed by atoms with van der Waals surface area (Å²) in [5, 5.41) is 12.0. The van der Waals surface area contributed by atoms with Crippen LogP contribution in [0, 0.1) is 5.92 Å². The first-order valence-electron chi connectivity index (χ1n) is 7.26. The van der Waals surface area contributed by atoms with Crippen LogP contribution in [0.2, 0.25) is 0 Å². The Morgan fingerprint density at radius 3 is 2.37 bits per heavy atom. The van der Waals surface area contributed by atoms with Crippen molar-refractivity contribution in [2.24, 2.45) is 5.92 Å². The molecule has 1 fully saturated rings. The Morgan fingerprint density at radius 1 is 1.11 bits per heavy atom. The lowest BCUT2D eigenvalue weighted by Crippen LogP contribution is -2.33. The van der Waals surface area contributed by atoms with Crippen LogP contribution in [-0.2, 0) is 17.8 Å². The summed E-state index contributed by atoms with van der Waals surface area (Å²) in [6.45, 7) is 0.784. The van der Waals surface area contributed by atoms with Crippen LogP contribution in [-0.4, -0.2) is 17.6 Å². The minimum Gasteiger partial charge on any atom is -0.392 e. The predicted molar refractivity (Wildman–Crippen MR) is 75.7 cm³/mol. The van der Waals surface area contributed by atoms with Gasteiger partial charge in [0.15, 0.2) is 0 Å². The second-order valence-electron chi connectivity index (χ2n) is 5.35. The fraction of sp³-hybridized carbons (Fsp3) is 0.562. The third-order valence-electron chi connectivity index (χ3n) is 3.89. The lowest BCUT2D eigenvalue weighted by atomic mass is 9.88. The zero-order valence-electron chi connectivity index (χ0n) is 11.4. The first-order valence-corrected chi connectivity index (χ1v) is 7.26. The first kappa shape index (κ1) is 14.1. The average molecular weight is 261 g/mol. The van der Waals surface area contributed by atoms with Crippen LogP contribution in [0.1, 0.15) is 43.2 Å². The van der Waals surface area contributed by atoms with Gasteiger partial charge in [-0.1, -0.05) is 43.5 Å². The molecular weight excluding hydrogens is 238 g/mol. The lowest BCUT2D eigenvalue weighted by Gasteiger charge is -2.20. The highest BCUT2D eigenvalue weighted by molar-refractivity contribution is 5.78. The van der Waals surface area contributed by atoms with E-state index in [0.717, 1.165) is 24.8 Å². The van der Waals surface area contributed by atoms with Crippen molar-refractivity contribution in [2.45, 2.75) is 45.1 Å². The van der Waals surface area contributed by atoms with Gasteiger partial charge in [0.25, 0.3) is 0 Å². The van der Waals surface area contributed by atoms with E-state index in [1.54, 1.807) is 0 Å². The Balaban J connectivity index is 1.71. The zero-order chi connectivity index (χ0) is 13.5. The van der Waals surface area contributed by atoms with Gasteiger partial charge in [-0.2, -0.15) is 0 Å². The van der Waals surface area contributed by atoms with Crippen molar-refractivity contribution in [1.29, 1.82) is 0 Å². The highest BCUT2D eigenvalue weighted by Gasteiger charge is 2.20. The van der Waals surface area contributed by atoms with Gasteiger partial charge in [0.1, 0.15) is 0 Å². The number of benzene rings is 1. The zero-order valence-corrected chi connectivity index (χ0v) is 11.4. The second-order valence-corrected chi connectivity index (χ2v) is 5.35. The van der Waals surface area contributed by atoms with Gasteiger partial charge in [-0.15, -0.1) is 0 Å². The van der Waals surface area contributed by atoms with E-state index in [4.69, 9.17) is 5.11 Å². The Labute approximate surface area is 115 Å². The molecule has 3 nitrogen and oxygen atoms in total. The number of carbonyl (C=O) groups is 1. The van der Waals surface area contributed by atoms with Gasteiger partial charge < -0.3 is 10.4 Å². The Kier molecular flexibility index (Phi) is 5.40. The number of aliphatic hydroxyl groups excluding tert-OH is 1. The van der Waals surface area contributed by atoms with Gasteiger partial charge in [0.2, 0.25) is 5.91 Å². The van der Waals surface area contributed by atoms with E-state index in [2.05, 4.69) is 5.32 Å². The quantitative estimate of drug-likeness (QED) is 0.855. The molecule has 1 saturated carbocycles. The van der Waals surface area contributed by atoms with E-state index in [1.165, 1.54) is 24.8 Å². The Bertz CT molecular complexity index is 394. The standard InChI is InChI=1S/C16H23NO2/c18-12-14-8-6-13(7-9-14)10-11-17-16(19)15-4-2-1-3-5-15/h6-9,15,18H,1-5,10-12H2,(H,17,19). The van der Waals surface area contributed by atoms with Gasteiger partial charge in [0.05, 0.1) is 6.61 Å². The molecule has 1 aromatic carbocycles. The summed E-state index contributed by atoms with van der Waals surface area (Å²) in [6.07, 6.45) is 6.63. The van der Waals surface area contributed by atoms with E-state index in [1.807, 2.05) is 24.3 Å². The normalized spacial score (nSPS) is 16.3. The smallest absolute Gasteiger partial charge is 0.223 e. The minimum atomic E-state index is 0.0820. The van der Waals surface area contributed by atoms with E-state index >= 15 is 0 Å². The van der Waals surface area contributed by atoms with Crippen molar-refractivity contribution in [3.63, 3.8) is 0 Å². The summed E-state index contributed by atoms with van der Waals surface area (Å²) < 4.78 is 0. The van der Waals surface area contributed by atoms with Gasteiger partial charge in [-0.3, -0.25) is 4.79 Å². The number of aliphatic hydroxyl groups is 1. The highest BCUT2D eigenvalue weighted by atomic mass is 16.3. The third kappa shape index (κ3) is 4.35. The maximum Gasteiger partial charge on any atom is 0.223 e. The van der Waals surface area contributed by atoms with E-state index in [0.29, 0.717) is 6.54 Å². The fourth-order valence-corrected chi connectivity index (χ4v) is 2.65. The number of hydrogen-bond acceptors (Lipinski definition) is 2. The van der Waals surface area contributed by atoms with Gasteiger partial charge in [0, 0.05) is 12.5 Å². The maximum atomic E-state index is 11.9. The molecule has 104 valence electrons. The monoisotopic (exact) mass is 261 g/mol.